The lowest BCUT2D eigenvalue weighted by Gasteiger charge is -2.36. The van der Waals surface area contributed by atoms with Crippen LogP contribution in [0.25, 0.3) is 5.69 Å². The fourth-order valence-electron chi connectivity index (χ4n) is 4.23. The lowest BCUT2D eigenvalue weighted by Crippen LogP contribution is -2.49. The molecule has 1 aliphatic rings. The van der Waals surface area contributed by atoms with Crippen molar-refractivity contribution in [2.75, 3.05) is 31.1 Å². The van der Waals surface area contributed by atoms with Crippen LogP contribution in [-0.2, 0) is 15.8 Å². The van der Waals surface area contributed by atoms with E-state index in [9.17, 15) is 32.1 Å². The first-order chi connectivity index (χ1) is 19.2. The highest BCUT2D eigenvalue weighted by atomic mass is 32.2. The van der Waals surface area contributed by atoms with Gasteiger partial charge in [-0.05, 0) is 30.0 Å². The molecule has 11 nitrogen and oxygen atoms in total. The molecule has 1 atom stereocenters. The molecule has 0 bridgehead atoms. The van der Waals surface area contributed by atoms with Crippen molar-refractivity contribution in [2.24, 2.45) is 5.41 Å². The number of nitro benzene ring substituents is 1. The Kier molecular flexibility index (Phi) is 8.45. The van der Waals surface area contributed by atoms with Crippen molar-refractivity contribution in [2.45, 2.75) is 39.6 Å². The fraction of sp³-hybridized carbons (Fsp3) is 0.407. The quantitative estimate of drug-likeness (QED) is 0.285. The molecule has 0 saturated carbocycles. The molecule has 3 aromatic rings. The summed E-state index contributed by atoms with van der Waals surface area (Å²) in [6, 6.07) is 8.15. The average molecular weight is 592 g/mol. The predicted octanol–water partition coefficient (Wildman–Crippen LogP) is 3.88. The highest BCUT2D eigenvalue weighted by Crippen LogP contribution is 2.31. The third kappa shape index (κ3) is 6.88. The van der Waals surface area contributed by atoms with Crippen molar-refractivity contribution < 1.29 is 26.9 Å². The minimum atomic E-state index is -3.79. The van der Waals surface area contributed by atoms with E-state index in [0.29, 0.717) is 17.3 Å². The molecule has 14 heteroatoms. The van der Waals surface area contributed by atoms with Gasteiger partial charge in [0, 0.05) is 44.4 Å². The third-order valence-electron chi connectivity index (χ3n) is 6.96. The molecular weight excluding hydrogens is 560 g/mol. The first-order valence-corrected chi connectivity index (χ1v) is 14.5. The van der Waals surface area contributed by atoms with Gasteiger partial charge in [-0.1, -0.05) is 32.9 Å². The number of hydrogen-bond acceptors (Lipinski definition) is 8. The summed E-state index contributed by atoms with van der Waals surface area (Å²) in [6.45, 7) is 8.18. The van der Waals surface area contributed by atoms with Crippen LogP contribution in [-0.4, -0.2) is 59.7 Å². The first kappa shape index (κ1) is 30.1. The molecule has 1 aliphatic heterocycles. The molecule has 0 spiro atoms. The maximum atomic E-state index is 13.9. The number of halogens is 2. The standard InChI is InChI=1S/C27H31F2N5O6S/c1-18(27(2,3)4)40-25-24(16-30-33(26(25)35)23-14-20(28)13-21(29)15-23)31-8-10-32(11-9-31)41(38,39)17-19-6-5-7-22(12-19)34(36)37/h5-7,12-16,18H,8-11,17H2,1-4H3. The molecule has 2 aromatic carbocycles. The van der Waals surface area contributed by atoms with Crippen LogP contribution in [0.2, 0.25) is 0 Å². The van der Waals surface area contributed by atoms with Crippen molar-refractivity contribution >= 4 is 21.4 Å². The molecule has 41 heavy (non-hydrogen) atoms. The molecule has 0 amide bonds. The van der Waals surface area contributed by atoms with Crippen LogP contribution in [0.15, 0.2) is 53.5 Å². The Morgan fingerprint density at radius 1 is 1.07 bits per heavy atom. The molecule has 1 aromatic heterocycles. The Hall–Kier alpha value is -3.91. The Labute approximate surface area is 236 Å². The van der Waals surface area contributed by atoms with Crippen LogP contribution in [0, 0.1) is 27.2 Å². The van der Waals surface area contributed by atoms with E-state index in [1.807, 2.05) is 20.8 Å². The summed E-state index contributed by atoms with van der Waals surface area (Å²) in [4.78, 5) is 25.8. The van der Waals surface area contributed by atoms with Gasteiger partial charge in [-0.2, -0.15) is 14.1 Å². The molecule has 0 N–H and O–H groups in total. The number of benzene rings is 2. The van der Waals surface area contributed by atoms with Crippen molar-refractivity contribution in [3.63, 3.8) is 0 Å². The second kappa shape index (κ2) is 11.5. The van der Waals surface area contributed by atoms with Crippen LogP contribution >= 0.6 is 0 Å². The number of aromatic nitrogens is 2. The lowest BCUT2D eigenvalue weighted by atomic mass is 9.90. The van der Waals surface area contributed by atoms with Crippen LogP contribution in [0.5, 0.6) is 5.75 Å². The molecule has 4 rings (SSSR count). The van der Waals surface area contributed by atoms with E-state index in [-0.39, 0.29) is 48.7 Å². The zero-order valence-electron chi connectivity index (χ0n) is 23.1. The number of anilines is 1. The predicted molar refractivity (Wildman–Crippen MR) is 149 cm³/mol. The van der Waals surface area contributed by atoms with E-state index in [1.54, 1.807) is 11.8 Å². The molecule has 0 radical (unpaired) electrons. The Morgan fingerprint density at radius 3 is 2.29 bits per heavy atom. The van der Waals surface area contributed by atoms with Crippen molar-refractivity contribution in [3.05, 3.63) is 86.3 Å². The van der Waals surface area contributed by atoms with E-state index in [1.165, 1.54) is 34.8 Å². The van der Waals surface area contributed by atoms with Crippen molar-refractivity contribution in [3.8, 4) is 11.4 Å². The van der Waals surface area contributed by atoms with E-state index in [2.05, 4.69) is 5.10 Å². The van der Waals surface area contributed by atoms with Gasteiger partial charge in [0.15, 0.2) is 0 Å². The molecule has 1 saturated heterocycles. The summed E-state index contributed by atoms with van der Waals surface area (Å²) in [5, 5.41) is 15.2. The van der Waals surface area contributed by atoms with E-state index < -0.39 is 44.0 Å². The van der Waals surface area contributed by atoms with Crippen LogP contribution in [0.3, 0.4) is 0 Å². The third-order valence-corrected chi connectivity index (χ3v) is 8.81. The summed E-state index contributed by atoms with van der Waals surface area (Å²) in [7, 11) is -3.79. The monoisotopic (exact) mass is 591 g/mol. The van der Waals surface area contributed by atoms with Gasteiger partial charge in [0.05, 0.1) is 22.6 Å². The number of hydrogen-bond donors (Lipinski definition) is 0. The molecule has 2 heterocycles. The minimum Gasteiger partial charge on any atom is -0.483 e. The maximum absolute atomic E-state index is 13.9. The Morgan fingerprint density at radius 2 is 1.71 bits per heavy atom. The van der Waals surface area contributed by atoms with Crippen LogP contribution in [0.1, 0.15) is 33.3 Å². The van der Waals surface area contributed by atoms with E-state index >= 15 is 0 Å². The van der Waals surface area contributed by atoms with Gasteiger partial charge in [0.25, 0.3) is 5.69 Å². The number of sulfonamides is 1. The fourth-order valence-corrected chi connectivity index (χ4v) is 5.74. The van der Waals surface area contributed by atoms with Crippen LogP contribution in [0.4, 0.5) is 20.2 Å². The summed E-state index contributed by atoms with van der Waals surface area (Å²) in [5.41, 5.74) is -0.747. The highest BCUT2D eigenvalue weighted by molar-refractivity contribution is 7.88. The zero-order chi connectivity index (χ0) is 30.1. The number of non-ortho nitro benzene ring substituents is 1. The number of ether oxygens (including phenoxy) is 1. The second-order valence-electron chi connectivity index (χ2n) is 10.9. The van der Waals surface area contributed by atoms with E-state index in [0.717, 1.165) is 16.8 Å². The van der Waals surface area contributed by atoms with Crippen molar-refractivity contribution in [1.82, 2.24) is 14.1 Å². The lowest BCUT2D eigenvalue weighted by molar-refractivity contribution is -0.384. The zero-order valence-corrected chi connectivity index (χ0v) is 23.9. The Balaban J connectivity index is 1.60. The number of nitrogens with zero attached hydrogens (tertiary/aromatic N) is 5. The van der Waals surface area contributed by atoms with Gasteiger partial charge >= 0.3 is 5.56 Å². The molecule has 220 valence electrons. The molecular formula is C27H31F2N5O6S. The van der Waals surface area contributed by atoms with Gasteiger partial charge in [0.1, 0.15) is 23.4 Å². The summed E-state index contributed by atoms with van der Waals surface area (Å²) in [6.07, 6.45) is 0.924. The van der Waals surface area contributed by atoms with Gasteiger partial charge in [-0.25, -0.2) is 17.2 Å². The average Bonchev–Trinajstić information content (AvgIpc) is 2.88. The van der Waals surface area contributed by atoms with Crippen LogP contribution < -0.4 is 15.2 Å². The summed E-state index contributed by atoms with van der Waals surface area (Å²) >= 11 is 0. The molecule has 1 unspecified atom stereocenters. The van der Waals surface area contributed by atoms with Crippen molar-refractivity contribution in [1.29, 1.82) is 0 Å². The normalized spacial score (nSPS) is 15.5. The maximum Gasteiger partial charge on any atom is 0.316 e. The molecule has 0 aliphatic carbocycles. The molecule has 1 fully saturated rings. The first-order valence-electron chi connectivity index (χ1n) is 12.9. The smallest absolute Gasteiger partial charge is 0.316 e. The SMILES string of the molecule is CC(Oc1c(N2CCN(S(=O)(=O)Cc3cccc([N+](=O)[O-])c3)CC2)cnn(-c2cc(F)cc(F)c2)c1=O)C(C)(C)C. The van der Waals surface area contributed by atoms with Gasteiger partial charge in [-0.15, -0.1) is 0 Å². The highest BCUT2D eigenvalue weighted by Gasteiger charge is 2.31. The number of piperazine rings is 1. The van der Waals surface area contributed by atoms with Gasteiger partial charge < -0.3 is 9.64 Å². The van der Waals surface area contributed by atoms with Gasteiger partial charge in [-0.3, -0.25) is 14.9 Å². The minimum absolute atomic E-state index is 0.0694. The van der Waals surface area contributed by atoms with E-state index in [4.69, 9.17) is 4.74 Å². The Bertz CT molecular complexity index is 1590. The number of rotatable bonds is 8. The number of nitro groups is 1. The topological polar surface area (TPSA) is 128 Å². The second-order valence-corrected chi connectivity index (χ2v) is 12.9. The summed E-state index contributed by atoms with van der Waals surface area (Å²) in [5.74, 6) is -2.20. The van der Waals surface area contributed by atoms with Gasteiger partial charge in [0.2, 0.25) is 15.8 Å². The largest absolute Gasteiger partial charge is 0.483 e. The summed E-state index contributed by atoms with van der Waals surface area (Å²) < 4.78 is 62.3.